The molecule has 0 radical (unpaired) electrons. The van der Waals surface area contributed by atoms with Crippen molar-refractivity contribution in [2.24, 2.45) is 0 Å². The first kappa shape index (κ1) is 16.1. The van der Waals surface area contributed by atoms with Crippen LogP contribution in [-0.2, 0) is 15.3 Å². The summed E-state index contributed by atoms with van der Waals surface area (Å²) in [6.45, 7) is 3.41. The van der Waals surface area contributed by atoms with Crippen molar-refractivity contribution in [1.82, 2.24) is 4.90 Å². The van der Waals surface area contributed by atoms with E-state index in [1.54, 1.807) is 25.6 Å². The normalized spacial score (nSPS) is 20.9. The van der Waals surface area contributed by atoms with Gasteiger partial charge in [-0.05, 0) is 25.0 Å². The average Bonchev–Trinajstić information content (AvgIpc) is 2.46. The van der Waals surface area contributed by atoms with E-state index < -0.39 is 5.97 Å². The molecule has 2 rings (SSSR count). The lowest BCUT2D eigenvalue weighted by atomic mass is 10.1. The van der Waals surface area contributed by atoms with Crippen molar-refractivity contribution in [3.05, 3.63) is 47.2 Å². The lowest BCUT2D eigenvalue weighted by Gasteiger charge is -2.44. The molecule has 1 aliphatic rings. The lowest BCUT2D eigenvalue weighted by Crippen LogP contribution is -2.60. The van der Waals surface area contributed by atoms with Crippen molar-refractivity contribution >= 4 is 39.6 Å². The quantitative estimate of drug-likeness (QED) is 0.491. The van der Waals surface area contributed by atoms with Gasteiger partial charge in [-0.1, -0.05) is 46.3 Å². The van der Waals surface area contributed by atoms with Crippen LogP contribution in [0.15, 0.2) is 41.6 Å². The second-order valence-electron chi connectivity index (χ2n) is 4.95. The third-order valence-corrected chi connectivity index (χ3v) is 5.73. The van der Waals surface area contributed by atoms with Gasteiger partial charge >= 0.3 is 5.97 Å². The van der Waals surface area contributed by atoms with Gasteiger partial charge in [0.05, 0.1) is 0 Å². The monoisotopic (exact) mass is 369 g/mol. The second-order valence-corrected chi connectivity index (χ2v) is 7.04. The van der Waals surface area contributed by atoms with Gasteiger partial charge in [-0.3, -0.25) is 9.69 Å². The van der Waals surface area contributed by atoms with E-state index in [-0.39, 0.29) is 21.8 Å². The van der Waals surface area contributed by atoms with Gasteiger partial charge in [-0.15, -0.1) is 11.8 Å². The van der Waals surface area contributed by atoms with Gasteiger partial charge in [0, 0.05) is 5.75 Å². The minimum absolute atomic E-state index is 0.0845. The minimum Gasteiger partial charge on any atom is -0.477 e. The number of carboxylic acid groups (broad SMARTS) is 1. The van der Waals surface area contributed by atoms with E-state index in [2.05, 4.69) is 15.9 Å². The Labute approximate surface area is 136 Å². The number of amides is 1. The van der Waals surface area contributed by atoms with Gasteiger partial charge in [-0.2, -0.15) is 0 Å². The van der Waals surface area contributed by atoms with E-state index in [1.165, 1.54) is 4.90 Å². The molecule has 1 heterocycles. The van der Waals surface area contributed by atoms with Crippen LogP contribution < -0.4 is 0 Å². The Morgan fingerprint density at radius 3 is 2.48 bits per heavy atom. The molecule has 0 bridgehead atoms. The average molecular weight is 370 g/mol. The number of aliphatic carboxylic acids is 1. The molecule has 6 heteroatoms. The number of carbonyl (C=O) groups excluding carboxylic acids is 1. The predicted octanol–water partition coefficient (Wildman–Crippen LogP) is 3.23. The molecule has 112 valence electrons. The zero-order valence-electron chi connectivity index (χ0n) is 11.7. The molecule has 2 atom stereocenters. The summed E-state index contributed by atoms with van der Waals surface area (Å²) in [4.78, 5) is 24.4. The van der Waals surface area contributed by atoms with Gasteiger partial charge in [-0.25, -0.2) is 4.79 Å². The standard InChI is InChI=1S/C15H16BrNO3S/c1-9(2)12(15(19)20)17-13(18)11(16)14(17)21-8-10-6-4-3-5-7-10/h3-7,11,14H,8H2,1-2H3,(H,19,20)/t11-,14+/m0/s1. The molecule has 1 aromatic carbocycles. The number of halogens is 1. The van der Waals surface area contributed by atoms with Crippen LogP contribution in [0.1, 0.15) is 19.4 Å². The maximum absolute atomic E-state index is 12.0. The summed E-state index contributed by atoms with van der Waals surface area (Å²) in [5.41, 5.74) is 1.86. The maximum Gasteiger partial charge on any atom is 0.352 e. The van der Waals surface area contributed by atoms with Crippen LogP contribution in [0, 0.1) is 0 Å². The van der Waals surface area contributed by atoms with Crippen LogP contribution in [0.5, 0.6) is 0 Å². The molecule has 0 aromatic heterocycles. The Bertz CT molecular complexity index is 584. The Balaban J connectivity index is 2.13. The molecular weight excluding hydrogens is 354 g/mol. The van der Waals surface area contributed by atoms with Crippen molar-refractivity contribution in [1.29, 1.82) is 0 Å². The molecule has 0 unspecified atom stereocenters. The zero-order chi connectivity index (χ0) is 15.6. The number of nitrogens with zero attached hydrogens (tertiary/aromatic N) is 1. The van der Waals surface area contributed by atoms with E-state index in [4.69, 9.17) is 0 Å². The summed E-state index contributed by atoms with van der Waals surface area (Å²) in [6, 6.07) is 9.90. The Hall–Kier alpha value is -1.27. The van der Waals surface area contributed by atoms with Crippen molar-refractivity contribution in [3.63, 3.8) is 0 Å². The highest BCUT2D eigenvalue weighted by Gasteiger charge is 2.49. The van der Waals surface area contributed by atoms with E-state index in [9.17, 15) is 14.7 Å². The molecule has 0 spiro atoms. The van der Waals surface area contributed by atoms with Gasteiger partial charge in [0.15, 0.2) is 0 Å². The van der Waals surface area contributed by atoms with Gasteiger partial charge in [0.1, 0.15) is 15.9 Å². The number of carbonyl (C=O) groups is 2. The molecule has 1 N–H and O–H groups in total. The zero-order valence-corrected chi connectivity index (χ0v) is 14.1. The number of benzene rings is 1. The number of rotatable bonds is 5. The molecule has 1 fully saturated rings. The molecule has 0 aliphatic carbocycles. The highest BCUT2D eigenvalue weighted by molar-refractivity contribution is 9.10. The summed E-state index contributed by atoms with van der Waals surface area (Å²) in [5, 5.41) is 9.11. The van der Waals surface area contributed by atoms with Crippen molar-refractivity contribution in [3.8, 4) is 0 Å². The second kappa shape index (κ2) is 6.66. The Morgan fingerprint density at radius 2 is 1.95 bits per heavy atom. The van der Waals surface area contributed by atoms with Crippen LogP contribution in [0.4, 0.5) is 0 Å². The number of thioether (sulfide) groups is 1. The Kier molecular flexibility index (Phi) is 5.11. The van der Waals surface area contributed by atoms with E-state index in [1.807, 2.05) is 30.3 Å². The fraction of sp³-hybridized carbons (Fsp3) is 0.333. The number of β-lactam (4-membered cyclic amide) rings is 1. The number of carboxylic acids is 1. The van der Waals surface area contributed by atoms with Crippen LogP contribution in [0.25, 0.3) is 0 Å². The fourth-order valence-corrected chi connectivity index (χ4v) is 4.25. The molecule has 21 heavy (non-hydrogen) atoms. The van der Waals surface area contributed by atoms with Crippen LogP contribution in [0.2, 0.25) is 0 Å². The van der Waals surface area contributed by atoms with E-state index in [0.717, 1.165) is 11.3 Å². The molecule has 4 nitrogen and oxygen atoms in total. The number of allylic oxidation sites excluding steroid dienone is 1. The fourth-order valence-electron chi connectivity index (χ4n) is 2.14. The summed E-state index contributed by atoms with van der Waals surface area (Å²) >= 11 is 4.91. The summed E-state index contributed by atoms with van der Waals surface area (Å²) in [5.74, 6) is -0.528. The van der Waals surface area contributed by atoms with Crippen molar-refractivity contribution < 1.29 is 14.7 Å². The molecule has 1 aliphatic heterocycles. The smallest absolute Gasteiger partial charge is 0.352 e. The maximum atomic E-state index is 12.0. The SMILES string of the molecule is CC(C)=C(C(=O)O)N1C(=O)[C@H](Br)[C@H]1SCc1ccccc1. The van der Waals surface area contributed by atoms with Gasteiger partial charge in [0.25, 0.3) is 0 Å². The molecule has 1 amide bonds. The van der Waals surface area contributed by atoms with Crippen molar-refractivity contribution in [2.75, 3.05) is 0 Å². The number of hydrogen-bond donors (Lipinski definition) is 1. The predicted molar refractivity (Wildman–Crippen MR) is 87.1 cm³/mol. The van der Waals surface area contributed by atoms with Crippen LogP contribution >= 0.6 is 27.7 Å². The third kappa shape index (κ3) is 3.32. The summed E-state index contributed by atoms with van der Waals surface area (Å²) in [6.07, 6.45) is 0. The lowest BCUT2D eigenvalue weighted by molar-refractivity contribution is -0.145. The first-order valence-corrected chi connectivity index (χ1v) is 8.43. The third-order valence-electron chi connectivity index (χ3n) is 3.16. The number of hydrogen-bond acceptors (Lipinski definition) is 3. The van der Waals surface area contributed by atoms with Gasteiger partial charge in [0.2, 0.25) is 5.91 Å². The topological polar surface area (TPSA) is 57.6 Å². The van der Waals surface area contributed by atoms with E-state index in [0.29, 0.717) is 5.57 Å². The number of alkyl halides is 1. The van der Waals surface area contributed by atoms with Crippen LogP contribution in [0.3, 0.4) is 0 Å². The van der Waals surface area contributed by atoms with Gasteiger partial charge < -0.3 is 5.11 Å². The molecule has 1 aromatic rings. The first-order valence-electron chi connectivity index (χ1n) is 6.47. The van der Waals surface area contributed by atoms with E-state index >= 15 is 0 Å². The molecule has 1 saturated heterocycles. The van der Waals surface area contributed by atoms with Crippen LogP contribution in [-0.4, -0.2) is 32.1 Å². The molecule has 0 saturated carbocycles. The molecular formula is C15H16BrNO3S. The number of likely N-dealkylation sites (tertiary alicyclic amines) is 1. The summed E-state index contributed by atoms with van der Waals surface area (Å²) in [7, 11) is 0. The highest BCUT2D eigenvalue weighted by Crippen LogP contribution is 2.40. The minimum atomic E-state index is -1.06. The van der Waals surface area contributed by atoms with Crippen molar-refractivity contribution in [2.45, 2.75) is 29.8 Å². The highest BCUT2D eigenvalue weighted by atomic mass is 79.9. The largest absolute Gasteiger partial charge is 0.477 e. The summed E-state index contributed by atoms with van der Waals surface area (Å²) < 4.78 is 0. The Morgan fingerprint density at radius 1 is 1.33 bits per heavy atom. The first-order chi connectivity index (χ1) is 9.93.